The molecule has 0 fully saturated rings. The molecule has 0 saturated carbocycles. The zero-order chi connectivity index (χ0) is 15.0. The van der Waals surface area contributed by atoms with Gasteiger partial charge in [0.25, 0.3) is 0 Å². The Balaban J connectivity index is 1.79. The van der Waals surface area contributed by atoms with Gasteiger partial charge in [0, 0.05) is 12.1 Å². The number of hydrogen-bond donors (Lipinski definition) is 0. The molecule has 3 rings (SSSR count). The first kappa shape index (κ1) is 14.5. The predicted octanol–water partition coefficient (Wildman–Crippen LogP) is 3.57. The molecule has 1 unspecified atom stereocenters. The first-order valence-electron chi connectivity index (χ1n) is 7.50. The molecule has 0 aliphatic heterocycles. The van der Waals surface area contributed by atoms with Gasteiger partial charge in [-0.1, -0.05) is 24.3 Å². The zero-order valence-electron chi connectivity index (χ0n) is 12.9. The Hall–Kier alpha value is -1.46. The Labute approximate surface area is 131 Å². The van der Waals surface area contributed by atoms with Crippen molar-refractivity contribution in [2.24, 2.45) is 0 Å². The van der Waals surface area contributed by atoms with Gasteiger partial charge >= 0.3 is 0 Å². The average molecular weight is 302 g/mol. The summed E-state index contributed by atoms with van der Waals surface area (Å²) in [6.07, 6.45) is 4.18. The second-order valence-electron chi connectivity index (χ2n) is 6.07. The summed E-state index contributed by atoms with van der Waals surface area (Å²) in [4.78, 5) is 2.35. The van der Waals surface area contributed by atoms with Crippen molar-refractivity contribution in [3.63, 3.8) is 0 Å². The van der Waals surface area contributed by atoms with Gasteiger partial charge in [0.15, 0.2) is 4.77 Å². The van der Waals surface area contributed by atoms with Crippen LogP contribution in [0, 0.1) is 4.77 Å². The fraction of sp³-hybridized carbons (Fsp3) is 0.500. The molecule has 0 spiro atoms. The summed E-state index contributed by atoms with van der Waals surface area (Å²) in [7, 11) is 2.16. The molecule has 0 N–H and O–H groups in total. The minimum atomic E-state index is 0.351. The van der Waals surface area contributed by atoms with Gasteiger partial charge in [-0.15, -0.1) is 0 Å². The minimum absolute atomic E-state index is 0.351. The van der Waals surface area contributed by atoms with Crippen molar-refractivity contribution in [1.29, 1.82) is 0 Å². The number of rotatable bonds is 4. The van der Waals surface area contributed by atoms with Crippen LogP contribution < -0.4 is 0 Å². The van der Waals surface area contributed by atoms with Gasteiger partial charge < -0.3 is 4.57 Å². The normalized spacial score (nSPS) is 17.7. The molecule has 5 heteroatoms. The van der Waals surface area contributed by atoms with Crippen LogP contribution in [0.1, 0.15) is 43.5 Å². The highest BCUT2D eigenvalue weighted by Gasteiger charge is 2.25. The fourth-order valence-electron chi connectivity index (χ4n) is 3.10. The number of benzene rings is 1. The van der Waals surface area contributed by atoms with E-state index in [-0.39, 0.29) is 0 Å². The molecular formula is C16H22N4S. The largest absolute Gasteiger partial charge is 0.304 e. The number of aromatic nitrogens is 3. The first-order valence-corrected chi connectivity index (χ1v) is 7.90. The average Bonchev–Trinajstić information content (AvgIpc) is 3.03. The van der Waals surface area contributed by atoms with E-state index in [1.165, 1.54) is 17.5 Å². The van der Waals surface area contributed by atoms with Crippen molar-refractivity contribution < 1.29 is 0 Å². The van der Waals surface area contributed by atoms with E-state index in [9.17, 15) is 0 Å². The molecule has 0 saturated heterocycles. The summed E-state index contributed by atoms with van der Waals surface area (Å²) in [6, 6.07) is 9.56. The minimum Gasteiger partial charge on any atom is -0.304 e. The summed E-state index contributed by atoms with van der Waals surface area (Å²) < 4.78 is 4.74. The highest BCUT2D eigenvalue weighted by atomic mass is 32.1. The summed E-state index contributed by atoms with van der Waals surface area (Å²) >= 11 is 5.51. The zero-order valence-corrected chi connectivity index (χ0v) is 13.7. The van der Waals surface area contributed by atoms with E-state index in [1.54, 1.807) is 0 Å². The smallest absolute Gasteiger partial charge is 0.199 e. The van der Waals surface area contributed by atoms with Crippen molar-refractivity contribution in [2.45, 2.75) is 45.4 Å². The molecule has 0 radical (unpaired) electrons. The van der Waals surface area contributed by atoms with Crippen molar-refractivity contribution in [3.8, 4) is 0 Å². The van der Waals surface area contributed by atoms with Crippen LogP contribution in [-0.2, 0) is 13.1 Å². The molecular weight excluding hydrogens is 280 g/mol. The van der Waals surface area contributed by atoms with Gasteiger partial charge in [0.1, 0.15) is 6.33 Å². The third kappa shape index (κ3) is 2.68. The molecule has 1 aliphatic carbocycles. The van der Waals surface area contributed by atoms with Crippen molar-refractivity contribution in [1.82, 2.24) is 19.2 Å². The second-order valence-corrected chi connectivity index (χ2v) is 6.43. The van der Waals surface area contributed by atoms with Crippen LogP contribution in [-0.4, -0.2) is 26.3 Å². The van der Waals surface area contributed by atoms with E-state index < -0.39 is 0 Å². The van der Waals surface area contributed by atoms with Crippen LogP contribution in [0.15, 0.2) is 30.6 Å². The topological polar surface area (TPSA) is 26.0 Å². The quantitative estimate of drug-likeness (QED) is 0.808. The van der Waals surface area contributed by atoms with Crippen molar-refractivity contribution >= 4 is 12.2 Å². The van der Waals surface area contributed by atoms with Crippen LogP contribution in [0.3, 0.4) is 0 Å². The highest BCUT2D eigenvalue weighted by Crippen LogP contribution is 2.34. The van der Waals surface area contributed by atoms with E-state index >= 15 is 0 Å². The molecule has 1 atom stereocenters. The van der Waals surface area contributed by atoms with Crippen LogP contribution in [0.5, 0.6) is 0 Å². The summed E-state index contributed by atoms with van der Waals surface area (Å²) in [5.41, 5.74) is 2.93. The number of fused-ring (bicyclic) bond motifs is 1. The molecule has 0 bridgehead atoms. The third-order valence-corrected chi connectivity index (χ3v) is 4.73. The first-order chi connectivity index (χ1) is 10.1. The molecule has 4 nitrogen and oxygen atoms in total. The predicted molar refractivity (Wildman–Crippen MR) is 86.7 cm³/mol. The fourth-order valence-corrected chi connectivity index (χ4v) is 3.47. The van der Waals surface area contributed by atoms with Gasteiger partial charge in [0.05, 0.1) is 6.67 Å². The van der Waals surface area contributed by atoms with Crippen molar-refractivity contribution in [3.05, 3.63) is 46.5 Å². The number of aryl methyl sites for hydroxylation is 1. The third-order valence-electron chi connectivity index (χ3n) is 4.30. The van der Waals surface area contributed by atoms with E-state index in [4.69, 9.17) is 12.2 Å². The maximum atomic E-state index is 5.51. The molecule has 112 valence electrons. The number of nitrogens with zero attached hydrogens (tertiary/aromatic N) is 4. The Morgan fingerprint density at radius 1 is 1.38 bits per heavy atom. The Bertz CT molecular complexity index is 686. The number of hydrogen-bond acceptors (Lipinski definition) is 3. The summed E-state index contributed by atoms with van der Waals surface area (Å²) in [5, 5.41) is 4.44. The second kappa shape index (κ2) is 5.73. The van der Waals surface area contributed by atoms with Crippen molar-refractivity contribution in [2.75, 3.05) is 7.05 Å². The van der Waals surface area contributed by atoms with E-state index in [1.807, 2.05) is 15.6 Å². The standard InChI is InChI=1S/C16H22N4S/c1-12(2)19-10-17-20(16(19)21)11-18(3)15-9-8-13-6-4-5-7-14(13)15/h4-7,10,12,15H,8-9,11H2,1-3H3. The van der Waals surface area contributed by atoms with Gasteiger partial charge in [0.2, 0.25) is 0 Å². The van der Waals surface area contributed by atoms with Gasteiger partial charge in [-0.05, 0) is 57.1 Å². The van der Waals surface area contributed by atoms with Gasteiger partial charge in [-0.2, -0.15) is 5.10 Å². The summed E-state index contributed by atoms with van der Waals surface area (Å²) in [6.45, 7) is 4.98. The molecule has 1 aromatic carbocycles. The molecule has 21 heavy (non-hydrogen) atoms. The highest BCUT2D eigenvalue weighted by molar-refractivity contribution is 7.71. The maximum Gasteiger partial charge on any atom is 0.199 e. The van der Waals surface area contributed by atoms with Crippen LogP contribution >= 0.6 is 12.2 Å². The Kier molecular flexibility index (Phi) is 3.95. The Morgan fingerprint density at radius 3 is 2.86 bits per heavy atom. The van der Waals surface area contributed by atoms with E-state index in [2.05, 4.69) is 55.2 Å². The van der Waals surface area contributed by atoms with E-state index in [0.717, 1.165) is 17.9 Å². The van der Waals surface area contributed by atoms with Crippen LogP contribution in [0.25, 0.3) is 0 Å². The monoisotopic (exact) mass is 302 g/mol. The lowest BCUT2D eigenvalue weighted by atomic mass is 10.1. The van der Waals surface area contributed by atoms with Crippen LogP contribution in [0.2, 0.25) is 0 Å². The lowest BCUT2D eigenvalue weighted by molar-refractivity contribution is 0.181. The SMILES string of the molecule is CC(C)n1cnn(CN(C)C2CCc3ccccc32)c1=S. The molecule has 1 aromatic heterocycles. The Morgan fingerprint density at radius 2 is 2.14 bits per heavy atom. The summed E-state index contributed by atoms with van der Waals surface area (Å²) in [5.74, 6) is 0. The van der Waals surface area contributed by atoms with Crippen LogP contribution in [0.4, 0.5) is 0 Å². The van der Waals surface area contributed by atoms with Gasteiger partial charge in [-0.3, -0.25) is 4.90 Å². The molecule has 1 aliphatic rings. The maximum absolute atomic E-state index is 5.51. The lowest BCUT2D eigenvalue weighted by Gasteiger charge is -2.24. The lowest BCUT2D eigenvalue weighted by Crippen LogP contribution is -2.26. The molecule has 1 heterocycles. The van der Waals surface area contributed by atoms with E-state index in [0.29, 0.717) is 12.1 Å². The molecule has 2 aromatic rings. The molecule has 0 amide bonds. The van der Waals surface area contributed by atoms with Gasteiger partial charge in [-0.25, -0.2) is 4.68 Å².